The first-order valence-electron chi connectivity index (χ1n) is 12.7. The molecule has 1 aliphatic rings. The van der Waals surface area contributed by atoms with Gasteiger partial charge in [-0.1, -0.05) is 54.6 Å². The Kier molecular flexibility index (Phi) is 8.94. The summed E-state index contributed by atoms with van der Waals surface area (Å²) in [6.45, 7) is 0.639. The molecule has 3 aromatic rings. The van der Waals surface area contributed by atoms with Gasteiger partial charge >= 0.3 is 5.97 Å². The number of amides is 3. The normalized spacial score (nSPS) is 15.5. The van der Waals surface area contributed by atoms with E-state index in [-0.39, 0.29) is 31.2 Å². The van der Waals surface area contributed by atoms with Crippen LogP contribution in [0.4, 0.5) is 0 Å². The SMILES string of the molecule is COc1ccc(CNC(=O)c2ccc(C[C@H](NC(=O)[C@@H]3CCC(=O)N3Cc3ccccc3)C(=O)O)cc2)cc1. The zero-order valence-corrected chi connectivity index (χ0v) is 21.6. The summed E-state index contributed by atoms with van der Waals surface area (Å²) in [6, 6.07) is 21.4. The minimum absolute atomic E-state index is 0.0359. The highest BCUT2D eigenvalue weighted by atomic mass is 16.5. The molecule has 0 bridgehead atoms. The summed E-state index contributed by atoms with van der Waals surface area (Å²) in [4.78, 5) is 51.5. The maximum Gasteiger partial charge on any atom is 0.326 e. The lowest BCUT2D eigenvalue weighted by Gasteiger charge is -2.25. The summed E-state index contributed by atoms with van der Waals surface area (Å²) in [6.07, 6.45) is 0.614. The summed E-state index contributed by atoms with van der Waals surface area (Å²) in [5.41, 5.74) is 2.91. The van der Waals surface area contributed by atoms with Crippen molar-refractivity contribution in [2.75, 3.05) is 7.11 Å². The van der Waals surface area contributed by atoms with Crippen molar-refractivity contribution in [2.45, 2.75) is 44.4 Å². The van der Waals surface area contributed by atoms with Crippen LogP contribution in [0.15, 0.2) is 78.9 Å². The Morgan fingerprint density at radius 3 is 2.26 bits per heavy atom. The predicted octanol–water partition coefficient (Wildman–Crippen LogP) is 2.93. The van der Waals surface area contributed by atoms with E-state index in [1.54, 1.807) is 31.4 Å². The molecule has 2 atom stereocenters. The fourth-order valence-corrected chi connectivity index (χ4v) is 4.51. The van der Waals surface area contributed by atoms with E-state index in [1.165, 1.54) is 4.90 Å². The van der Waals surface area contributed by atoms with E-state index in [0.29, 0.717) is 24.1 Å². The third kappa shape index (κ3) is 7.22. The first-order chi connectivity index (χ1) is 18.8. The lowest BCUT2D eigenvalue weighted by molar-refractivity contribution is -0.143. The number of carbonyl (C=O) groups excluding carboxylic acids is 3. The number of hydrogen-bond acceptors (Lipinski definition) is 5. The molecule has 202 valence electrons. The van der Waals surface area contributed by atoms with Crippen molar-refractivity contribution in [2.24, 2.45) is 0 Å². The van der Waals surface area contributed by atoms with Gasteiger partial charge in [0.15, 0.2) is 0 Å². The number of methoxy groups -OCH3 is 1. The monoisotopic (exact) mass is 529 g/mol. The van der Waals surface area contributed by atoms with Crippen LogP contribution in [0.1, 0.15) is 39.9 Å². The van der Waals surface area contributed by atoms with Gasteiger partial charge in [-0.15, -0.1) is 0 Å². The van der Waals surface area contributed by atoms with Gasteiger partial charge in [0.1, 0.15) is 17.8 Å². The summed E-state index contributed by atoms with van der Waals surface area (Å²) < 4.78 is 5.13. The van der Waals surface area contributed by atoms with Crippen LogP contribution >= 0.6 is 0 Å². The van der Waals surface area contributed by atoms with Crippen LogP contribution in [-0.4, -0.2) is 52.9 Å². The number of nitrogens with one attached hydrogen (secondary N) is 2. The molecule has 3 amide bonds. The highest BCUT2D eigenvalue weighted by molar-refractivity contribution is 5.94. The van der Waals surface area contributed by atoms with E-state index in [1.807, 2.05) is 54.6 Å². The molecule has 0 aliphatic carbocycles. The average Bonchev–Trinajstić information content (AvgIpc) is 3.32. The molecule has 0 spiro atoms. The number of benzene rings is 3. The quantitative estimate of drug-likeness (QED) is 0.351. The molecule has 9 nitrogen and oxygen atoms in total. The van der Waals surface area contributed by atoms with Crippen molar-refractivity contribution in [3.05, 3.63) is 101 Å². The van der Waals surface area contributed by atoms with Gasteiger partial charge in [-0.05, 0) is 47.4 Å². The van der Waals surface area contributed by atoms with Gasteiger partial charge in [-0.2, -0.15) is 0 Å². The zero-order chi connectivity index (χ0) is 27.8. The molecule has 39 heavy (non-hydrogen) atoms. The van der Waals surface area contributed by atoms with Crippen molar-refractivity contribution in [1.29, 1.82) is 0 Å². The Balaban J connectivity index is 1.33. The van der Waals surface area contributed by atoms with Gasteiger partial charge in [0.25, 0.3) is 5.91 Å². The van der Waals surface area contributed by atoms with Gasteiger partial charge < -0.3 is 25.4 Å². The van der Waals surface area contributed by atoms with Crippen LogP contribution in [0.2, 0.25) is 0 Å². The maximum absolute atomic E-state index is 13.0. The molecule has 3 N–H and O–H groups in total. The Hall–Kier alpha value is -4.66. The Morgan fingerprint density at radius 2 is 1.62 bits per heavy atom. The van der Waals surface area contributed by atoms with Gasteiger partial charge in [-0.3, -0.25) is 14.4 Å². The summed E-state index contributed by atoms with van der Waals surface area (Å²) >= 11 is 0. The molecular formula is C30H31N3O6. The van der Waals surface area contributed by atoms with Crippen LogP contribution in [0.5, 0.6) is 5.75 Å². The van der Waals surface area contributed by atoms with Crippen molar-refractivity contribution in [3.63, 3.8) is 0 Å². The second-order valence-electron chi connectivity index (χ2n) is 9.39. The minimum atomic E-state index is -1.18. The predicted molar refractivity (Wildman–Crippen MR) is 144 cm³/mol. The van der Waals surface area contributed by atoms with E-state index in [0.717, 1.165) is 16.9 Å². The molecule has 4 rings (SSSR count). The Bertz CT molecular complexity index is 1310. The number of carboxylic acid groups (broad SMARTS) is 1. The fourth-order valence-electron chi connectivity index (χ4n) is 4.51. The number of likely N-dealkylation sites (tertiary alicyclic amines) is 1. The maximum atomic E-state index is 13.0. The summed E-state index contributed by atoms with van der Waals surface area (Å²) in [5, 5.41) is 15.2. The topological polar surface area (TPSA) is 125 Å². The van der Waals surface area contributed by atoms with E-state index < -0.39 is 24.0 Å². The standard InChI is InChI=1S/C30H31N3O6/c1-39-24-13-9-21(10-14-24)18-31-28(35)23-11-7-20(8-12-23)17-25(30(37)38)32-29(36)26-15-16-27(34)33(26)19-22-5-3-2-4-6-22/h2-14,25-26H,15-19H2,1H3,(H,31,35)(H,32,36)(H,37,38)/t25-,26-/m0/s1. The van der Waals surface area contributed by atoms with Crippen LogP contribution in [0.25, 0.3) is 0 Å². The largest absolute Gasteiger partial charge is 0.497 e. The lowest BCUT2D eigenvalue weighted by Crippen LogP contribution is -2.50. The molecule has 1 fully saturated rings. The summed E-state index contributed by atoms with van der Waals surface area (Å²) in [7, 11) is 1.59. The molecule has 0 unspecified atom stereocenters. The molecule has 1 saturated heterocycles. The highest BCUT2D eigenvalue weighted by Crippen LogP contribution is 2.22. The molecule has 1 aliphatic heterocycles. The fraction of sp³-hybridized carbons (Fsp3) is 0.267. The van der Waals surface area contributed by atoms with E-state index in [9.17, 15) is 24.3 Å². The van der Waals surface area contributed by atoms with Crippen molar-refractivity contribution in [1.82, 2.24) is 15.5 Å². The van der Waals surface area contributed by atoms with Gasteiger partial charge in [0.05, 0.1) is 7.11 Å². The van der Waals surface area contributed by atoms with E-state index >= 15 is 0 Å². The highest BCUT2D eigenvalue weighted by Gasteiger charge is 2.37. The second-order valence-corrected chi connectivity index (χ2v) is 9.39. The number of hydrogen-bond donors (Lipinski definition) is 3. The molecule has 3 aromatic carbocycles. The second kappa shape index (κ2) is 12.7. The first kappa shape index (κ1) is 27.4. The summed E-state index contributed by atoms with van der Waals surface area (Å²) in [5.74, 6) is -1.32. The smallest absolute Gasteiger partial charge is 0.326 e. The Morgan fingerprint density at radius 1 is 0.949 bits per heavy atom. The third-order valence-electron chi connectivity index (χ3n) is 6.71. The van der Waals surface area contributed by atoms with E-state index in [4.69, 9.17) is 4.74 Å². The molecule has 9 heteroatoms. The van der Waals surface area contributed by atoms with Crippen LogP contribution in [-0.2, 0) is 33.9 Å². The molecule has 1 heterocycles. The van der Waals surface area contributed by atoms with Crippen LogP contribution < -0.4 is 15.4 Å². The average molecular weight is 530 g/mol. The number of ether oxygens (including phenoxy) is 1. The number of rotatable bonds is 11. The van der Waals surface area contributed by atoms with Gasteiger partial charge in [0, 0.05) is 31.5 Å². The number of carbonyl (C=O) groups is 4. The first-order valence-corrected chi connectivity index (χ1v) is 12.7. The van der Waals surface area contributed by atoms with Crippen molar-refractivity contribution in [3.8, 4) is 5.75 Å². The van der Waals surface area contributed by atoms with Gasteiger partial charge in [-0.25, -0.2) is 4.79 Å². The zero-order valence-electron chi connectivity index (χ0n) is 21.6. The molecule has 0 aromatic heterocycles. The molecule has 0 radical (unpaired) electrons. The minimum Gasteiger partial charge on any atom is -0.497 e. The van der Waals surface area contributed by atoms with E-state index in [2.05, 4.69) is 10.6 Å². The van der Waals surface area contributed by atoms with Crippen molar-refractivity contribution >= 4 is 23.7 Å². The Labute approximate surface area is 226 Å². The number of nitrogens with zero attached hydrogens (tertiary/aromatic N) is 1. The molecular weight excluding hydrogens is 498 g/mol. The molecule has 0 saturated carbocycles. The van der Waals surface area contributed by atoms with Gasteiger partial charge in [0.2, 0.25) is 11.8 Å². The van der Waals surface area contributed by atoms with Crippen molar-refractivity contribution < 1.29 is 29.0 Å². The number of carboxylic acids is 1. The lowest BCUT2D eigenvalue weighted by atomic mass is 10.0. The number of aliphatic carboxylic acids is 1. The van der Waals surface area contributed by atoms with Crippen LogP contribution in [0.3, 0.4) is 0 Å². The third-order valence-corrected chi connectivity index (χ3v) is 6.71. The van der Waals surface area contributed by atoms with Crippen LogP contribution in [0, 0.1) is 0 Å².